The Morgan fingerprint density at radius 1 is 1.19 bits per heavy atom. The predicted molar refractivity (Wildman–Crippen MR) is 103 cm³/mol. The lowest BCUT2D eigenvalue weighted by atomic mass is 9.63. The molecule has 1 saturated carbocycles. The van der Waals surface area contributed by atoms with Crippen molar-refractivity contribution in [2.45, 2.75) is 52.0 Å². The number of carbonyl (C=O) groups is 1. The molecule has 2 heterocycles. The average molecular weight is 351 g/mol. The largest absolute Gasteiger partial charge is 0.338 e. The van der Waals surface area contributed by atoms with E-state index >= 15 is 0 Å². The molecule has 1 saturated heterocycles. The molecule has 1 amide bonds. The van der Waals surface area contributed by atoms with Crippen molar-refractivity contribution in [1.29, 1.82) is 0 Å². The number of rotatable bonds is 3. The fraction of sp³-hybridized carbons (Fsp3) is 0.545. The zero-order chi connectivity index (χ0) is 18.0. The smallest absolute Gasteiger partial charge is 0.253 e. The first-order valence-electron chi connectivity index (χ1n) is 10.0. The SMILES string of the molecule is C[C@H]1CCN(C(=O)c2ccc(Cn3cccn3)cc2)CC12CCCCC2. The highest BCUT2D eigenvalue weighted by molar-refractivity contribution is 5.94. The summed E-state index contributed by atoms with van der Waals surface area (Å²) in [7, 11) is 0. The molecule has 1 aromatic carbocycles. The molecule has 4 nitrogen and oxygen atoms in total. The summed E-state index contributed by atoms with van der Waals surface area (Å²) < 4.78 is 1.90. The van der Waals surface area contributed by atoms with Gasteiger partial charge in [0.15, 0.2) is 0 Å². The third-order valence-electron chi connectivity index (χ3n) is 6.62. The van der Waals surface area contributed by atoms with Crippen molar-refractivity contribution >= 4 is 5.91 Å². The van der Waals surface area contributed by atoms with Gasteiger partial charge >= 0.3 is 0 Å². The number of nitrogens with zero attached hydrogens (tertiary/aromatic N) is 3. The minimum atomic E-state index is 0.201. The van der Waals surface area contributed by atoms with E-state index in [-0.39, 0.29) is 5.91 Å². The lowest BCUT2D eigenvalue weighted by molar-refractivity contribution is 0.00683. The van der Waals surface area contributed by atoms with Crippen LogP contribution in [0.3, 0.4) is 0 Å². The summed E-state index contributed by atoms with van der Waals surface area (Å²) >= 11 is 0. The molecule has 1 spiro atoms. The summed E-state index contributed by atoms with van der Waals surface area (Å²) in [6.45, 7) is 4.99. The van der Waals surface area contributed by atoms with E-state index in [1.54, 1.807) is 6.20 Å². The second kappa shape index (κ2) is 7.26. The Morgan fingerprint density at radius 3 is 2.65 bits per heavy atom. The van der Waals surface area contributed by atoms with Crippen LogP contribution in [0.5, 0.6) is 0 Å². The van der Waals surface area contributed by atoms with E-state index in [0.717, 1.165) is 37.5 Å². The number of hydrogen-bond donors (Lipinski definition) is 0. The fourth-order valence-electron chi connectivity index (χ4n) is 4.87. The molecular formula is C22H29N3O. The van der Waals surface area contributed by atoms with Gasteiger partial charge in [-0.2, -0.15) is 5.10 Å². The van der Waals surface area contributed by atoms with Crippen LogP contribution in [0.1, 0.15) is 61.4 Å². The van der Waals surface area contributed by atoms with Crippen LogP contribution in [0.2, 0.25) is 0 Å². The Labute approximate surface area is 156 Å². The number of hydrogen-bond acceptors (Lipinski definition) is 2. The number of likely N-dealkylation sites (tertiary alicyclic amines) is 1. The first kappa shape index (κ1) is 17.3. The van der Waals surface area contributed by atoms with Crippen molar-refractivity contribution in [3.63, 3.8) is 0 Å². The molecule has 0 bridgehead atoms. The van der Waals surface area contributed by atoms with Crippen molar-refractivity contribution in [3.05, 3.63) is 53.9 Å². The molecule has 1 aliphatic carbocycles. The van der Waals surface area contributed by atoms with Gasteiger partial charge < -0.3 is 4.90 Å². The normalized spacial score (nSPS) is 22.5. The van der Waals surface area contributed by atoms with E-state index < -0.39 is 0 Å². The maximum atomic E-state index is 13.1. The average Bonchev–Trinajstić information content (AvgIpc) is 3.18. The van der Waals surface area contributed by atoms with E-state index in [1.165, 1.54) is 37.7 Å². The fourth-order valence-corrected chi connectivity index (χ4v) is 4.87. The summed E-state index contributed by atoms with van der Waals surface area (Å²) in [5, 5.41) is 4.24. The zero-order valence-electron chi connectivity index (χ0n) is 15.7. The van der Waals surface area contributed by atoms with Gasteiger partial charge in [0.25, 0.3) is 5.91 Å². The van der Waals surface area contributed by atoms with Crippen LogP contribution < -0.4 is 0 Å². The van der Waals surface area contributed by atoms with Gasteiger partial charge in [0.1, 0.15) is 0 Å². The summed E-state index contributed by atoms with van der Waals surface area (Å²) in [5.74, 6) is 0.941. The van der Waals surface area contributed by atoms with E-state index in [0.29, 0.717) is 5.41 Å². The molecule has 2 aromatic rings. The van der Waals surface area contributed by atoms with Crippen molar-refractivity contribution in [2.24, 2.45) is 11.3 Å². The minimum Gasteiger partial charge on any atom is -0.338 e. The van der Waals surface area contributed by atoms with E-state index in [2.05, 4.69) is 29.1 Å². The van der Waals surface area contributed by atoms with Crippen molar-refractivity contribution in [2.75, 3.05) is 13.1 Å². The van der Waals surface area contributed by atoms with Crippen molar-refractivity contribution in [3.8, 4) is 0 Å². The Bertz CT molecular complexity index is 729. The minimum absolute atomic E-state index is 0.201. The second-order valence-electron chi connectivity index (χ2n) is 8.24. The van der Waals surface area contributed by atoms with Gasteiger partial charge in [-0.05, 0) is 54.4 Å². The molecule has 2 fully saturated rings. The predicted octanol–water partition coefficient (Wildman–Crippen LogP) is 4.36. The molecule has 138 valence electrons. The highest BCUT2D eigenvalue weighted by atomic mass is 16.2. The van der Waals surface area contributed by atoms with E-state index in [1.807, 2.05) is 29.1 Å². The van der Waals surface area contributed by atoms with E-state index in [9.17, 15) is 4.79 Å². The highest BCUT2D eigenvalue weighted by Crippen LogP contribution is 2.47. The molecular weight excluding hydrogens is 322 g/mol. The molecule has 0 N–H and O–H groups in total. The standard InChI is InChI=1S/C22H29N3O/c1-18-10-15-24(17-22(18)11-3-2-4-12-22)21(26)20-8-6-19(7-9-20)16-25-14-5-13-23-25/h5-9,13-14,18H,2-4,10-12,15-17H2,1H3/t18-/m0/s1. The Kier molecular flexibility index (Phi) is 4.84. The first-order chi connectivity index (χ1) is 12.7. The van der Waals surface area contributed by atoms with Gasteiger partial charge in [0.05, 0.1) is 6.54 Å². The molecule has 2 aliphatic rings. The molecule has 1 aromatic heterocycles. The Morgan fingerprint density at radius 2 is 1.96 bits per heavy atom. The molecule has 4 rings (SSSR count). The molecule has 1 aliphatic heterocycles. The quantitative estimate of drug-likeness (QED) is 0.824. The first-order valence-corrected chi connectivity index (χ1v) is 10.0. The van der Waals surface area contributed by atoms with E-state index in [4.69, 9.17) is 0 Å². The molecule has 0 radical (unpaired) electrons. The van der Waals surface area contributed by atoms with Crippen LogP contribution in [-0.2, 0) is 6.54 Å². The molecule has 1 atom stereocenters. The summed E-state index contributed by atoms with van der Waals surface area (Å²) in [5.41, 5.74) is 2.35. The van der Waals surface area contributed by atoms with Crippen LogP contribution in [0.4, 0.5) is 0 Å². The number of piperidine rings is 1. The lowest BCUT2D eigenvalue weighted by Gasteiger charge is -2.49. The van der Waals surface area contributed by atoms with Crippen LogP contribution in [0.25, 0.3) is 0 Å². The van der Waals surface area contributed by atoms with Gasteiger partial charge in [-0.15, -0.1) is 0 Å². The number of benzene rings is 1. The van der Waals surface area contributed by atoms with Crippen LogP contribution >= 0.6 is 0 Å². The van der Waals surface area contributed by atoms with Gasteiger partial charge in [-0.3, -0.25) is 9.48 Å². The Hall–Kier alpha value is -2.10. The van der Waals surface area contributed by atoms with Gasteiger partial charge in [0, 0.05) is 31.0 Å². The monoisotopic (exact) mass is 351 g/mol. The zero-order valence-corrected chi connectivity index (χ0v) is 15.7. The molecule has 4 heteroatoms. The third-order valence-corrected chi connectivity index (χ3v) is 6.62. The number of carbonyl (C=O) groups excluding carboxylic acids is 1. The van der Waals surface area contributed by atoms with Crippen molar-refractivity contribution in [1.82, 2.24) is 14.7 Å². The molecule has 26 heavy (non-hydrogen) atoms. The number of amides is 1. The maximum absolute atomic E-state index is 13.1. The van der Waals surface area contributed by atoms with Crippen LogP contribution in [0.15, 0.2) is 42.7 Å². The Balaban J connectivity index is 1.45. The summed E-state index contributed by atoms with van der Waals surface area (Å²) in [4.78, 5) is 15.2. The van der Waals surface area contributed by atoms with Gasteiger partial charge in [-0.1, -0.05) is 38.3 Å². The van der Waals surface area contributed by atoms with Crippen molar-refractivity contribution < 1.29 is 4.79 Å². The van der Waals surface area contributed by atoms with Crippen LogP contribution in [0, 0.1) is 11.3 Å². The highest BCUT2D eigenvalue weighted by Gasteiger charge is 2.42. The van der Waals surface area contributed by atoms with Crippen LogP contribution in [-0.4, -0.2) is 33.7 Å². The maximum Gasteiger partial charge on any atom is 0.253 e. The lowest BCUT2D eigenvalue weighted by Crippen LogP contribution is -2.51. The second-order valence-corrected chi connectivity index (χ2v) is 8.24. The molecule has 0 unspecified atom stereocenters. The number of aromatic nitrogens is 2. The van der Waals surface area contributed by atoms with Gasteiger partial charge in [0.2, 0.25) is 0 Å². The third kappa shape index (κ3) is 3.42. The summed E-state index contributed by atoms with van der Waals surface area (Å²) in [6.07, 6.45) is 11.5. The topological polar surface area (TPSA) is 38.1 Å². The summed E-state index contributed by atoms with van der Waals surface area (Å²) in [6, 6.07) is 9.99. The van der Waals surface area contributed by atoms with Gasteiger partial charge in [-0.25, -0.2) is 0 Å².